The van der Waals surface area contributed by atoms with Gasteiger partial charge in [-0.2, -0.15) is 0 Å². The molecule has 78 valence electrons. The topological polar surface area (TPSA) is 26.3 Å². The fraction of sp³-hybridized carbons (Fsp3) is 0.300. The summed E-state index contributed by atoms with van der Waals surface area (Å²) in [6.45, 7) is 4.00. The number of carbonyl (C=O) groups is 1. The van der Waals surface area contributed by atoms with Crippen LogP contribution in [0, 0.1) is 5.82 Å². The summed E-state index contributed by atoms with van der Waals surface area (Å²) in [6.07, 6.45) is 0. The quantitative estimate of drug-likeness (QED) is 0.676. The zero-order valence-electron chi connectivity index (χ0n) is 8.30. The Bertz CT molecular complexity index is 313. The van der Waals surface area contributed by atoms with Crippen LogP contribution in [0.25, 0.3) is 0 Å². The number of carbonyl (C=O) groups excluding carboxylic acids is 1. The lowest BCUT2D eigenvalue weighted by Crippen LogP contribution is -2.03. The molecule has 0 amide bonds. The van der Waals surface area contributed by atoms with E-state index in [0.717, 1.165) is 6.07 Å². The average Bonchev–Trinajstić information content (AvgIpc) is 2.20. The Morgan fingerprint density at radius 3 is 2.43 bits per heavy atom. The Kier molecular flexibility index (Phi) is 5.88. The molecule has 0 saturated heterocycles. The zero-order valence-corrected chi connectivity index (χ0v) is 9.06. The highest BCUT2D eigenvalue weighted by atomic mass is 35.5. The van der Waals surface area contributed by atoms with Gasteiger partial charge in [0.15, 0.2) is 0 Å². The highest BCUT2D eigenvalue weighted by Gasteiger charge is 2.11. The molecule has 0 fully saturated rings. The lowest BCUT2D eigenvalue weighted by atomic mass is 10.2. The summed E-state index contributed by atoms with van der Waals surface area (Å²) in [7, 11) is 1.19. The number of halogens is 2. The van der Waals surface area contributed by atoms with Crippen molar-refractivity contribution in [3.8, 4) is 0 Å². The van der Waals surface area contributed by atoms with Crippen molar-refractivity contribution >= 4 is 17.6 Å². The van der Waals surface area contributed by atoms with Gasteiger partial charge in [0.25, 0.3) is 0 Å². The molecule has 0 N–H and O–H groups in total. The number of benzene rings is 1. The van der Waals surface area contributed by atoms with Gasteiger partial charge in [0.1, 0.15) is 5.82 Å². The van der Waals surface area contributed by atoms with Crippen molar-refractivity contribution in [3.05, 3.63) is 34.6 Å². The van der Waals surface area contributed by atoms with E-state index in [1.54, 1.807) is 0 Å². The number of hydrogen-bond acceptors (Lipinski definition) is 2. The third-order valence-corrected chi connectivity index (χ3v) is 1.57. The number of rotatable bonds is 1. The summed E-state index contributed by atoms with van der Waals surface area (Å²) in [5.74, 6) is -1.38. The largest absolute Gasteiger partial charge is 0.465 e. The molecule has 2 nitrogen and oxygen atoms in total. The van der Waals surface area contributed by atoms with Crippen LogP contribution in [-0.4, -0.2) is 13.1 Å². The summed E-state index contributed by atoms with van der Waals surface area (Å²) in [6, 6.07) is 3.77. The molecular weight excluding hydrogens is 207 g/mol. The molecule has 0 unspecified atom stereocenters. The number of ether oxygens (including phenoxy) is 1. The van der Waals surface area contributed by atoms with Crippen molar-refractivity contribution in [1.29, 1.82) is 0 Å². The van der Waals surface area contributed by atoms with Crippen molar-refractivity contribution < 1.29 is 13.9 Å². The van der Waals surface area contributed by atoms with E-state index in [1.165, 1.54) is 19.2 Å². The Labute approximate surface area is 87.6 Å². The Morgan fingerprint density at radius 1 is 1.43 bits per heavy atom. The molecule has 0 aliphatic heterocycles. The van der Waals surface area contributed by atoms with Crippen molar-refractivity contribution in [3.63, 3.8) is 0 Å². The smallest absolute Gasteiger partial charge is 0.340 e. The van der Waals surface area contributed by atoms with Crippen molar-refractivity contribution in [2.75, 3.05) is 7.11 Å². The van der Waals surface area contributed by atoms with Crippen LogP contribution in [0.15, 0.2) is 18.2 Å². The first-order valence-electron chi connectivity index (χ1n) is 4.18. The first kappa shape index (κ1) is 12.9. The summed E-state index contributed by atoms with van der Waals surface area (Å²) in [5.41, 5.74) is -0.109. The molecule has 0 atom stereocenters. The minimum Gasteiger partial charge on any atom is -0.465 e. The van der Waals surface area contributed by atoms with Crippen LogP contribution in [0.2, 0.25) is 5.02 Å². The summed E-state index contributed by atoms with van der Waals surface area (Å²) in [4.78, 5) is 10.8. The molecule has 0 spiro atoms. The van der Waals surface area contributed by atoms with E-state index in [-0.39, 0.29) is 10.6 Å². The molecule has 0 radical (unpaired) electrons. The Balaban J connectivity index is 0.000000791. The third kappa shape index (κ3) is 3.34. The van der Waals surface area contributed by atoms with Crippen LogP contribution in [0.4, 0.5) is 4.39 Å². The maximum absolute atomic E-state index is 12.9. The summed E-state index contributed by atoms with van der Waals surface area (Å²) in [5, 5.41) is 0.250. The second kappa shape index (κ2) is 6.38. The molecule has 0 saturated carbocycles. The van der Waals surface area contributed by atoms with Gasteiger partial charge in [-0.05, 0) is 18.2 Å². The van der Waals surface area contributed by atoms with Crippen LogP contribution in [-0.2, 0) is 4.74 Å². The van der Waals surface area contributed by atoms with Crippen LogP contribution in [0.1, 0.15) is 24.2 Å². The van der Waals surface area contributed by atoms with E-state index in [1.807, 2.05) is 13.8 Å². The van der Waals surface area contributed by atoms with Crippen molar-refractivity contribution in [2.45, 2.75) is 13.8 Å². The van der Waals surface area contributed by atoms with Gasteiger partial charge in [-0.1, -0.05) is 25.4 Å². The van der Waals surface area contributed by atoms with Crippen LogP contribution in [0.3, 0.4) is 0 Å². The lowest BCUT2D eigenvalue weighted by molar-refractivity contribution is 0.0595. The minimum absolute atomic E-state index is 0.109. The van der Waals surface area contributed by atoms with Gasteiger partial charge in [0.2, 0.25) is 0 Å². The number of methoxy groups -OCH3 is 1. The Morgan fingerprint density at radius 2 is 2.00 bits per heavy atom. The highest BCUT2D eigenvalue weighted by molar-refractivity contribution is 6.30. The van der Waals surface area contributed by atoms with E-state index in [4.69, 9.17) is 11.6 Å². The predicted molar refractivity (Wildman–Crippen MR) is 54.1 cm³/mol. The first-order chi connectivity index (χ1) is 6.65. The second-order valence-corrected chi connectivity index (χ2v) is 2.55. The average molecular weight is 219 g/mol. The van der Waals surface area contributed by atoms with E-state index in [9.17, 15) is 9.18 Å². The summed E-state index contributed by atoms with van der Waals surface area (Å²) < 4.78 is 17.2. The standard InChI is InChI=1S/C8H6ClFO2.C2H6/c1-12-8(11)6-3-2-5(9)4-7(6)10;1-2/h2-4H,1H3;1-2H3. The molecule has 1 aromatic rings. The molecule has 0 aliphatic carbocycles. The van der Waals surface area contributed by atoms with Gasteiger partial charge < -0.3 is 4.74 Å². The molecule has 1 aromatic carbocycles. The third-order valence-electron chi connectivity index (χ3n) is 1.34. The summed E-state index contributed by atoms with van der Waals surface area (Å²) >= 11 is 5.47. The van der Waals surface area contributed by atoms with Gasteiger partial charge in [-0.25, -0.2) is 9.18 Å². The molecule has 0 bridgehead atoms. The van der Waals surface area contributed by atoms with E-state index < -0.39 is 11.8 Å². The van der Waals surface area contributed by atoms with Crippen molar-refractivity contribution in [2.24, 2.45) is 0 Å². The maximum atomic E-state index is 12.9. The van der Waals surface area contributed by atoms with E-state index in [2.05, 4.69) is 4.74 Å². The van der Waals surface area contributed by atoms with Gasteiger partial charge in [0, 0.05) is 5.02 Å². The molecule has 14 heavy (non-hydrogen) atoms. The second-order valence-electron chi connectivity index (χ2n) is 2.12. The molecule has 4 heteroatoms. The molecule has 0 aliphatic rings. The monoisotopic (exact) mass is 218 g/mol. The van der Waals surface area contributed by atoms with Crippen LogP contribution in [0.5, 0.6) is 0 Å². The van der Waals surface area contributed by atoms with Gasteiger partial charge >= 0.3 is 5.97 Å². The Hall–Kier alpha value is -1.09. The fourth-order valence-electron chi connectivity index (χ4n) is 0.765. The lowest BCUT2D eigenvalue weighted by Gasteiger charge is -1.99. The predicted octanol–water partition coefficient (Wildman–Crippen LogP) is 3.29. The van der Waals surface area contributed by atoms with E-state index >= 15 is 0 Å². The van der Waals surface area contributed by atoms with Gasteiger partial charge in [0.05, 0.1) is 12.7 Å². The number of hydrogen-bond donors (Lipinski definition) is 0. The van der Waals surface area contributed by atoms with Gasteiger partial charge in [-0.3, -0.25) is 0 Å². The molecule has 0 aromatic heterocycles. The van der Waals surface area contributed by atoms with E-state index in [0.29, 0.717) is 0 Å². The zero-order chi connectivity index (χ0) is 11.1. The SMILES string of the molecule is CC.COC(=O)c1ccc(Cl)cc1F. The van der Waals surface area contributed by atoms with Crippen LogP contribution >= 0.6 is 11.6 Å². The van der Waals surface area contributed by atoms with Gasteiger partial charge in [-0.15, -0.1) is 0 Å². The minimum atomic E-state index is -0.704. The highest BCUT2D eigenvalue weighted by Crippen LogP contribution is 2.14. The molecule has 0 heterocycles. The van der Waals surface area contributed by atoms with Crippen molar-refractivity contribution in [1.82, 2.24) is 0 Å². The molecular formula is C10H12ClFO2. The normalized spacial score (nSPS) is 8.64. The molecule has 1 rings (SSSR count). The first-order valence-corrected chi connectivity index (χ1v) is 4.56. The number of esters is 1. The fourth-order valence-corrected chi connectivity index (χ4v) is 0.924. The maximum Gasteiger partial charge on any atom is 0.340 e. The van der Waals surface area contributed by atoms with Crippen LogP contribution < -0.4 is 0 Å².